The van der Waals surface area contributed by atoms with Gasteiger partial charge >= 0.3 is 10.4 Å². The fourth-order valence-corrected chi connectivity index (χ4v) is 7.88. The Morgan fingerprint density at radius 3 is 1.90 bits per heavy atom. The summed E-state index contributed by atoms with van der Waals surface area (Å²) in [5, 5.41) is -0.702. The molecule has 2 aromatic heterocycles. The number of pyridine rings is 1. The number of sulfone groups is 1. The van der Waals surface area contributed by atoms with Crippen LogP contribution < -0.4 is 11.1 Å². The molecule has 6 aromatic rings. The number of hydrogen-bond acceptors (Lipinski definition) is 12. The van der Waals surface area contributed by atoms with Crippen LogP contribution in [0.2, 0.25) is 0 Å². The Hall–Kier alpha value is -1.28. The van der Waals surface area contributed by atoms with Crippen LogP contribution in [-0.2, 0) is 44.7 Å². The van der Waals surface area contributed by atoms with Crippen molar-refractivity contribution < 1.29 is 55.9 Å². The van der Waals surface area contributed by atoms with Gasteiger partial charge in [-0.15, -0.1) is 0 Å². The molecule has 0 fully saturated rings. The molecule has 0 aliphatic heterocycles. The van der Waals surface area contributed by atoms with E-state index in [0.717, 1.165) is 36.4 Å². The third-order valence-electron chi connectivity index (χ3n) is 7.12. The molecule has 4 aromatic carbocycles. The summed E-state index contributed by atoms with van der Waals surface area (Å²) in [6, 6.07) is 11.0. The summed E-state index contributed by atoms with van der Waals surface area (Å²) >= 11 is 0. The van der Waals surface area contributed by atoms with Crippen molar-refractivity contribution in [2.75, 3.05) is 12.4 Å². The van der Waals surface area contributed by atoms with E-state index >= 15 is 0 Å². The predicted octanol–water partition coefficient (Wildman–Crippen LogP) is 0.785. The van der Waals surface area contributed by atoms with Crippen molar-refractivity contribution in [1.29, 1.82) is 0 Å². The smallest absolute Gasteiger partial charge is 0.397 e. The van der Waals surface area contributed by atoms with Crippen LogP contribution in [0.15, 0.2) is 89.4 Å². The van der Waals surface area contributed by atoms with Crippen molar-refractivity contribution in [3.63, 3.8) is 0 Å². The van der Waals surface area contributed by atoms with Gasteiger partial charge in [-0.3, -0.25) is 23.2 Å². The summed E-state index contributed by atoms with van der Waals surface area (Å²) in [6.45, 7) is -0.942. The van der Waals surface area contributed by atoms with Crippen LogP contribution in [0.1, 0.15) is 0 Å². The van der Waals surface area contributed by atoms with E-state index < -0.39 is 89.6 Å². The first kappa shape index (κ1) is 42.1. The van der Waals surface area contributed by atoms with Crippen molar-refractivity contribution in [2.45, 2.75) is 14.7 Å². The Morgan fingerprint density at radius 2 is 1.29 bits per heavy atom. The van der Waals surface area contributed by atoms with Crippen LogP contribution >= 0.6 is 0 Å². The first-order valence-electron chi connectivity index (χ1n) is 12.5. The van der Waals surface area contributed by atoms with Gasteiger partial charge in [0.25, 0.3) is 31.4 Å². The number of nitrogens with zero attached hydrogens (tertiary/aromatic N) is 1. The van der Waals surface area contributed by atoms with E-state index in [2.05, 4.69) is 4.18 Å². The first-order chi connectivity index (χ1) is 21.3. The summed E-state index contributed by atoms with van der Waals surface area (Å²) in [4.78, 5) is 25.9. The van der Waals surface area contributed by atoms with Crippen molar-refractivity contribution in [1.82, 2.24) is 4.57 Å². The molecule has 6 rings (SSSR count). The summed E-state index contributed by atoms with van der Waals surface area (Å²) in [5.41, 5.74) is -2.91. The van der Waals surface area contributed by atoms with Crippen LogP contribution in [0.25, 0.3) is 49.2 Å². The minimum atomic E-state index is -5.11. The Balaban J connectivity index is 0.00000217. The van der Waals surface area contributed by atoms with E-state index in [1.54, 1.807) is 0 Å². The number of benzene rings is 4. The molecule has 0 bridgehead atoms. The van der Waals surface area contributed by atoms with Crippen molar-refractivity contribution >= 4 is 173 Å². The van der Waals surface area contributed by atoms with Gasteiger partial charge in [0, 0.05) is 110 Å². The van der Waals surface area contributed by atoms with E-state index in [0.29, 0.717) is 4.57 Å². The quantitative estimate of drug-likeness (QED) is 0.0835. The van der Waals surface area contributed by atoms with E-state index in [9.17, 15) is 52.4 Å². The molecule has 0 saturated carbocycles. The summed E-state index contributed by atoms with van der Waals surface area (Å²) in [7, 11) is -19.0. The summed E-state index contributed by atoms with van der Waals surface area (Å²) in [5.74, 6) is -0.912. The number of rotatable bonds is 8. The first-order valence-corrected chi connectivity index (χ1v) is 18.4. The molecule has 49 heavy (non-hydrogen) atoms. The van der Waals surface area contributed by atoms with Gasteiger partial charge in [0.1, 0.15) is 10.5 Å². The van der Waals surface area contributed by atoms with Gasteiger partial charge in [0.05, 0.1) is 33.2 Å². The zero-order valence-electron chi connectivity index (χ0n) is 25.5. The third-order valence-corrected chi connectivity index (χ3v) is 11.0. The SMILES string of the molecule is O=c1c2ccc3c4cc(S(=O)(=O)O)ccc4oc4c(S(=O)(=O)O)cc(c(=O)n1-c1cccc(S(=O)(=O)CCOS(=O)(=O)O)c1)c2c43.[Na].[Na].[Na]. The molecule has 0 atom stereocenters. The molecule has 0 saturated heterocycles. The van der Waals surface area contributed by atoms with Gasteiger partial charge in [0.2, 0.25) is 0 Å². The molecular weight excluding hydrogens is 764 g/mol. The minimum Gasteiger partial charge on any atom is -0.455 e. The number of aromatic nitrogens is 1. The molecule has 0 amide bonds. The zero-order valence-corrected chi connectivity index (χ0v) is 34.8. The second-order valence-corrected chi connectivity index (χ2v) is 15.9. The van der Waals surface area contributed by atoms with Crippen molar-refractivity contribution in [3.05, 3.63) is 81.4 Å². The van der Waals surface area contributed by atoms with E-state index in [1.165, 1.54) is 24.3 Å². The maximum atomic E-state index is 13.9. The van der Waals surface area contributed by atoms with E-state index in [4.69, 9.17) is 8.97 Å². The molecule has 3 N–H and O–H groups in total. The molecule has 16 nitrogen and oxygen atoms in total. The molecule has 0 unspecified atom stereocenters. The fourth-order valence-electron chi connectivity index (χ4n) is 5.20. The standard InChI is InChI=1S/C26H17NO15S4.3Na/c28-25-17-6-5-16-18-11-15(44(32,33)34)4-7-20(18)42-24-21(45(35,36)37)12-19(22(17)23(16)24)26(29)27(25)13-2-1-3-14(10-13)43(30,31)9-8-41-46(38,39)40;;;/h1-7,10-12H,8-9H2,(H,32,33,34)(H,35,36,37)(H,38,39,40);;;. The second kappa shape index (κ2) is 14.6. The molecule has 23 heteroatoms. The molecule has 0 aliphatic carbocycles. The average Bonchev–Trinajstić information content (AvgIpc) is 2.95. The van der Waals surface area contributed by atoms with Gasteiger partial charge in [0.15, 0.2) is 15.4 Å². The van der Waals surface area contributed by atoms with Gasteiger partial charge in [-0.25, -0.2) is 17.2 Å². The fraction of sp³-hybridized carbons (Fsp3) is 0.0769. The number of hydrogen-bond donors (Lipinski definition) is 3. The predicted molar refractivity (Wildman–Crippen MR) is 178 cm³/mol. The molecule has 0 spiro atoms. The monoisotopic (exact) mass is 780 g/mol. The molecule has 0 aliphatic rings. The average molecular weight is 781 g/mol. The van der Waals surface area contributed by atoms with Gasteiger partial charge in [-0.05, 0) is 53.9 Å². The van der Waals surface area contributed by atoms with Crippen LogP contribution in [0.4, 0.5) is 0 Å². The van der Waals surface area contributed by atoms with Crippen LogP contribution in [0.3, 0.4) is 0 Å². The summed E-state index contributed by atoms with van der Waals surface area (Å²) < 4.78 is 135. The van der Waals surface area contributed by atoms with Gasteiger partial charge in [-0.2, -0.15) is 25.3 Å². The topological polar surface area (TPSA) is 259 Å². The van der Waals surface area contributed by atoms with Crippen LogP contribution in [0.5, 0.6) is 0 Å². The molecule has 2 heterocycles. The Bertz CT molecular complexity index is 2870. The number of fused-ring (bicyclic) bond motifs is 2. The Morgan fingerprint density at radius 1 is 0.653 bits per heavy atom. The molecule has 3 radical (unpaired) electrons. The van der Waals surface area contributed by atoms with Crippen molar-refractivity contribution in [2.24, 2.45) is 0 Å². The second-order valence-electron chi connectivity index (χ2n) is 9.88. The largest absolute Gasteiger partial charge is 0.455 e. The van der Waals surface area contributed by atoms with Gasteiger partial charge < -0.3 is 4.42 Å². The minimum absolute atomic E-state index is 0. The van der Waals surface area contributed by atoms with Crippen molar-refractivity contribution in [3.8, 4) is 5.69 Å². The molecule has 243 valence electrons. The van der Waals surface area contributed by atoms with Crippen LogP contribution in [0, 0.1) is 0 Å². The third kappa shape index (κ3) is 7.90. The maximum Gasteiger partial charge on any atom is 0.397 e. The maximum absolute atomic E-state index is 13.9. The van der Waals surface area contributed by atoms with E-state index in [-0.39, 0.29) is 127 Å². The van der Waals surface area contributed by atoms with Crippen LogP contribution in [-0.4, -0.2) is 153 Å². The van der Waals surface area contributed by atoms with Gasteiger partial charge in [-0.1, -0.05) is 12.1 Å². The summed E-state index contributed by atoms with van der Waals surface area (Å²) in [6.07, 6.45) is 0. The molecular formula is C26H17NNa3O15S4. The van der Waals surface area contributed by atoms with E-state index in [1.807, 2.05) is 0 Å². The zero-order chi connectivity index (χ0) is 33.6. The Kier molecular flexibility index (Phi) is 12.6. The Labute approximate surface area is 343 Å². The normalized spacial score (nSPS) is 12.6.